The minimum absolute atomic E-state index is 0.0172. The molecule has 5 nitrogen and oxygen atoms in total. The first-order valence-electron chi connectivity index (χ1n) is 3.13. The van der Waals surface area contributed by atoms with Gasteiger partial charge in [0.05, 0.1) is 6.54 Å². The number of carbonyl (C=O) groups is 2. The molecule has 0 fully saturated rings. The molecule has 0 saturated carbocycles. The first-order valence-corrected chi connectivity index (χ1v) is 3.13. The second-order valence-corrected chi connectivity index (χ2v) is 1.92. The van der Waals surface area contributed by atoms with Crippen LogP contribution in [0.15, 0.2) is 12.0 Å². The van der Waals surface area contributed by atoms with Crippen LogP contribution in [0.5, 0.6) is 0 Å². The van der Waals surface area contributed by atoms with Crippen LogP contribution in [0, 0.1) is 0 Å². The first kappa shape index (κ1) is 7.59. The van der Waals surface area contributed by atoms with E-state index in [-0.39, 0.29) is 12.6 Å². The molecule has 2 amide bonds. The van der Waals surface area contributed by atoms with E-state index in [0.717, 1.165) is 0 Å². The summed E-state index contributed by atoms with van der Waals surface area (Å²) in [6, 6.07) is -0.261. The smallest absolute Gasteiger partial charge is 0.319 e. The van der Waals surface area contributed by atoms with Gasteiger partial charge in [-0.25, -0.2) is 4.79 Å². The number of amides is 2. The summed E-state index contributed by atoms with van der Waals surface area (Å²) in [6.45, 7) is 0.350. The molecule has 1 rings (SSSR count). The van der Waals surface area contributed by atoms with Gasteiger partial charge in [-0.2, -0.15) is 0 Å². The Hall–Kier alpha value is -1.52. The van der Waals surface area contributed by atoms with Crippen LogP contribution in [0.25, 0.3) is 0 Å². The van der Waals surface area contributed by atoms with Gasteiger partial charge in [0.1, 0.15) is 12.4 Å². The third kappa shape index (κ3) is 2.29. The van der Waals surface area contributed by atoms with Gasteiger partial charge in [-0.3, -0.25) is 4.79 Å². The Bertz CT molecular complexity index is 200. The number of rotatable bonds is 3. The minimum Gasteiger partial charge on any atom is -0.487 e. The van der Waals surface area contributed by atoms with E-state index in [1.54, 1.807) is 0 Å². The molecule has 0 aliphatic carbocycles. The SMILES string of the molecule is O=CCOC1=CNC(=O)NC1. The lowest BCUT2D eigenvalue weighted by Crippen LogP contribution is -2.38. The summed E-state index contributed by atoms with van der Waals surface area (Å²) in [4.78, 5) is 20.3. The van der Waals surface area contributed by atoms with Crippen molar-refractivity contribution in [2.24, 2.45) is 0 Å². The summed E-state index contributed by atoms with van der Waals surface area (Å²) in [5, 5.41) is 4.87. The summed E-state index contributed by atoms with van der Waals surface area (Å²) < 4.78 is 4.90. The van der Waals surface area contributed by atoms with Gasteiger partial charge in [0, 0.05) is 6.20 Å². The van der Waals surface area contributed by atoms with Crippen molar-refractivity contribution in [1.29, 1.82) is 0 Å². The van der Waals surface area contributed by atoms with Crippen LogP contribution in [0.3, 0.4) is 0 Å². The van der Waals surface area contributed by atoms with E-state index < -0.39 is 0 Å². The predicted octanol–water partition coefficient (Wildman–Crippen LogP) is -0.644. The molecule has 60 valence electrons. The van der Waals surface area contributed by atoms with E-state index in [2.05, 4.69) is 10.6 Å². The van der Waals surface area contributed by atoms with Crippen molar-refractivity contribution in [3.63, 3.8) is 0 Å². The quantitative estimate of drug-likeness (QED) is 0.534. The van der Waals surface area contributed by atoms with Crippen molar-refractivity contribution in [3.05, 3.63) is 12.0 Å². The van der Waals surface area contributed by atoms with E-state index >= 15 is 0 Å². The molecule has 11 heavy (non-hydrogen) atoms. The summed E-state index contributed by atoms with van der Waals surface area (Å²) in [5.74, 6) is 0.553. The molecule has 0 saturated heterocycles. The highest BCUT2D eigenvalue weighted by atomic mass is 16.5. The fraction of sp³-hybridized carbons (Fsp3) is 0.333. The predicted molar refractivity (Wildman–Crippen MR) is 36.6 cm³/mol. The molecule has 0 radical (unpaired) electrons. The Balaban J connectivity index is 2.35. The van der Waals surface area contributed by atoms with Crippen LogP contribution in [0.2, 0.25) is 0 Å². The number of ether oxygens (including phenoxy) is 1. The fourth-order valence-electron chi connectivity index (χ4n) is 0.649. The molecular weight excluding hydrogens is 148 g/mol. The lowest BCUT2D eigenvalue weighted by Gasteiger charge is -2.14. The molecule has 0 aromatic rings. The van der Waals surface area contributed by atoms with Crippen LogP contribution in [0.1, 0.15) is 0 Å². The van der Waals surface area contributed by atoms with Gasteiger partial charge >= 0.3 is 6.03 Å². The zero-order chi connectivity index (χ0) is 8.10. The average Bonchev–Trinajstić information content (AvgIpc) is 2.04. The average molecular weight is 156 g/mol. The van der Waals surface area contributed by atoms with Gasteiger partial charge in [-0.15, -0.1) is 0 Å². The maximum atomic E-state index is 10.5. The van der Waals surface area contributed by atoms with Crippen molar-refractivity contribution < 1.29 is 14.3 Å². The molecule has 0 atom stereocenters. The number of hydrogen-bond acceptors (Lipinski definition) is 3. The van der Waals surface area contributed by atoms with Crippen molar-refractivity contribution in [1.82, 2.24) is 10.6 Å². The van der Waals surface area contributed by atoms with E-state index in [1.807, 2.05) is 0 Å². The van der Waals surface area contributed by atoms with E-state index in [9.17, 15) is 9.59 Å². The highest BCUT2D eigenvalue weighted by Gasteiger charge is 2.07. The van der Waals surface area contributed by atoms with E-state index in [1.165, 1.54) is 6.20 Å². The molecule has 0 bridgehead atoms. The standard InChI is InChI=1S/C6H8N2O3/c9-1-2-11-5-3-7-6(10)8-4-5/h1,3H,2,4H2,(H2,7,8,10). The molecule has 2 N–H and O–H groups in total. The van der Waals surface area contributed by atoms with Crippen LogP contribution >= 0.6 is 0 Å². The van der Waals surface area contributed by atoms with Gasteiger partial charge in [0.2, 0.25) is 0 Å². The maximum Gasteiger partial charge on any atom is 0.319 e. The molecule has 0 unspecified atom stereocenters. The number of urea groups is 1. The van der Waals surface area contributed by atoms with Gasteiger partial charge in [0.25, 0.3) is 0 Å². The van der Waals surface area contributed by atoms with Gasteiger partial charge in [-0.05, 0) is 0 Å². The molecule has 1 aliphatic heterocycles. The first-order chi connectivity index (χ1) is 5.33. The number of carbonyl (C=O) groups excluding carboxylic acids is 2. The highest BCUT2D eigenvalue weighted by molar-refractivity contribution is 5.76. The van der Waals surface area contributed by atoms with Gasteiger partial charge in [-0.1, -0.05) is 0 Å². The molecular formula is C6H8N2O3. The lowest BCUT2D eigenvalue weighted by molar-refractivity contribution is -0.110. The lowest BCUT2D eigenvalue weighted by atomic mass is 10.4. The summed E-state index contributed by atoms with van der Waals surface area (Å²) >= 11 is 0. The Morgan fingerprint density at radius 3 is 3.09 bits per heavy atom. The zero-order valence-corrected chi connectivity index (χ0v) is 5.79. The Labute approximate surface area is 63.4 Å². The van der Waals surface area contributed by atoms with E-state index in [0.29, 0.717) is 18.6 Å². The Morgan fingerprint density at radius 2 is 2.55 bits per heavy atom. The minimum atomic E-state index is -0.261. The normalized spacial score (nSPS) is 16.0. The van der Waals surface area contributed by atoms with Gasteiger partial charge < -0.3 is 15.4 Å². The molecule has 0 spiro atoms. The number of nitrogens with one attached hydrogen (secondary N) is 2. The molecule has 0 aromatic carbocycles. The zero-order valence-electron chi connectivity index (χ0n) is 5.79. The summed E-state index contributed by atoms with van der Waals surface area (Å²) in [6.07, 6.45) is 2.08. The second-order valence-electron chi connectivity index (χ2n) is 1.92. The Morgan fingerprint density at radius 1 is 1.73 bits per heavy atom. The third-order valence-corrected chi connectivity index (χ3v) is 1.12. The van der Waals surface area contributed by atoms with E-state index in [4.69, 9.17) is 4.74 Å². The number of hydrogen-bond donors (Lipinski definition) is 2. The van der Waals surface area contributed by atoms with Crippen molar-refractivity contribution >= 4 is 12.3 Å². The van der Waals surface area contributed by atoms with Crippen molar-refractivity contribution in [2.45, 2.75) is 0 Å². The van der Waals surface area contributed by atoms with Crippen LogP contribution in [0.4, 0.5) is 4.79 Å². The molecule has 0 aromatic heterocycles. The van der Waals surface area contributed by atoms with Crippen molar-refractivity contribution in [3.8, 4) is 0 Å². The second kappa shape index (κ2) is 3.60. The topological polar surface area (TPSA) is 67.4 Å². The summed E-state index contributed by atoms with van der Waals surface area (Å²) in [7, 11) is 0. The Kier molecular flexibility index (Phi) is 2.48. The van der Waals surface area contributed by atoms with Crippen molar-refractivity contribution in [2.75, 3.05) is 13.2 Å². The molecule has 5 heteroatoms. The highest BCUT2D eigenvalue weighted by Crippen LogP contribution is 1.95. The fourth-order valence-corrected chi connectivity index (χ4v) is 0.649. The molecule has 1 heterocycles. The molecule has 1 aliphatic rings. The monoisotopic (exact) mass is 156 g/mol. The maximum absolute atomic E-state index is 10.5. The van der Waals surface area contributed by atoms with Crippen LogP contribution in [-0.4, -0.2) is 25.5 Å². The van der Waals surface area contributed by atoms with Crippen LogP contribution < -0.4 is 10.6 Å². The third-order valence-electron chi connectivity index (χ3n) is 1.12. The van der Waals surface area contributed by atoms with Crippen LogP contribution in [-0.2, 0) is 9.53 Å². The summed E-state index contributed by atoms with van der Waals surface area (Å²) in [5.41, 5.74) is 0. The number of aldehydes is 1. The van der Waals surface area contributed by atoms with Gasteiger partial charge in [0.15, 0.2) is 6.29 Å². The largest absolute Gasteiger partial charge is 0.487 e.